The summed E-state index contributed by atoms with van der Waals surface area (Å²) >= 11 is 3.40. The summed E-state index contributed by atoms with van der Waals surface area (Å²) in [4.78, 5) is 2.85. The molecule has 0 spiro atoms. The summed E-state index contributed by atoms with van der Waals surface area (Å²) in [6.45, 7) is 5.85. The van der Waals surface area contributed by atoms with Gasteiger partial charge in [-0.3, -0.25) is 0 Å². The van der Waals surface area contributed by atoms with Crippen LogP contribution in [0.4, 0.5) is 0 Å². The van der Waals surface area contributed by atoms with Crippen LogP contribution in [0, 0.1) is 0 Å². The van der Waals surface area contributed by atoms with E-state index in [0.717, 1.165) is 6.42 Å². The van der Waals surface area contributed by atoms with Crippen LogP contribution in [0.1, 0.15) is 16.7 Å². The Bertz CT molecular complexity index is 334. The van der Waals surface area contributed by atoms with Crippen LogP contribution in [-0.2, 0) is 25.8 Å². The van der Waals surface area contributed by atoms with E-state index in [1.54, 1.807) is 0 Å². The summed E-state index contributed by atoms with van der Waals surface area (Å²) in [7, 11) is 0. The molecule has 0 aromatic carbocycles. The molecule has 0 bridgehead atoms. The summed E-state index contributed by atoms with van der Waals surface area (Å²) in [6, 6.07) is 4.42. The molecule has 0 N–H and O–H groups in total. The van der Waals surface area contributed by atoms with Crippen molar-refractivity contribution in [3.05, 3.63) is 46.7 Å². The molecule has 0 saturated heterocycles. The fourth-order valence-electron chi connectivity index (χ4n) is 0.938. The van der Waals surface area contributed by atoms with Gasteiger partial charge in [-0.2, -0.15) is 0 Å². The second-order valence-electron chi connectivity index (χ2n) is 2.58. The molecule has 0 radical (unpaired) electrons. The molecule has 1 aromatic rings. The molecule has 0 aliphatic carbocycles. The molecule has 0 aliphatic heterocycles. The van der Waals surface area contributed by atoms with Crippen molar-refractivity contribution in [2.75, 3.05) is 0 Å². The topological polar surface area (TPSA) is 0 Å². The van der Waals surface area contributed by atoms with Gasteiger partial charge < -0.3 is 0 Å². The van der Waals surface area contributed by atoms with Crippen LogP contribution in [0.2, 0.25) is 0 Å². The molecule has 1 aromatic heterocycles. The van der Waals surface area contributed by atoms with Crippen LogP contribution in [-0.4, -0.2) is 3.90 Å². The zero-order valence-corrected chi connectivity index (χ0v) is 11.4. The van der Waals surface area contributed by atoms with E-state index >= 15 is 0 Å². The van der Waals surface area contributed by atoms with Crippen molar-refractivity contribution >= 4 is 15.2 Å². The Labute approximate surface area is 94.4 Å². The molecule has 0 atom stereocenters. The average Bonchev–Trinajstić information content (AvgIpc) is 2.62. The summed E-state index contributed by atoms with van der Waals surface area (Å²) in [5.74, 6) is 0. The summed E-state index contributed by atoms with van der Waals surface area (Å²) in [5, 5.41) is 0. The minimum absolute atomic E-state index is 1.14. The molecule has 0 aliphatic rings. The van der Waals surface area contributed by atoms with E-state index in [1.807, 2.05) is 23.5 Å². The second-order valence-corrected chi connectivity index (χ2v) is 5.33. The number of hydrogen-bond donors (Lipinski definition) is 0. The minimum atomic E-state index is 1.14. The monoisotopic (exact) mass is 360 g/mol. The van der Waals surface area contributed by atoms with Crippen molar-refractivity contribution < 1.29 is 19.4 Å². The molecule has 0 fully saturated rings. The third kappa shape index (κ3) is 3.17. The third-order valence-corrected chi connectivity index (χ3v) is 4.69. The maximum absolute atomic E-state index is 3.66. The van der Waals surface area contributed by atoms with E-state index < -0.39 is 0 Å². The first kappa shape index (κ1) is 10.8. The van der Waals surface area contributed by atoms with Gasteiger partial charge in [0.15, 0.2) is 0 Å². The normalized spacial score (nSPS) is 10.5. The van der Waals surface area contributed by atoms with Gasteiger partial charge in [-0.15, -0.1) is 0 Å². The van der Waals surface area contributed by atoms with E-state index in [4.69, 9.17) is 0 Å². The van der Waals surface area contributed by atoms with E-state index in [1.165, 1.54) is 33.0 Å². The van der Waals surface area contributed by atoms with Crippen LogP contribution >= 0.6 is 11.3 Å². The summed E-state index contributed by atoms with van der Waals surface area (Å²) < 4.78 is 1.39. The number of hydrogen-bond acceptors (Lipinski definition) is 1. The van der Waals surface area contributed by atoms with Crippen molar-refractivity contribution in [2.24, 2.45) is 0 Å². The van der Waals surface area contributed by atoms with E-state index in [2.05, 4.69) is 31.7 Å². The Morgan fingerprint density at radius 1 is 1.62 bits per heavy atom. The van der Waals surface area contributed by atoms with E-state index in [-0.39, 0.29) is 0 Å². The van der Waals surface area contributed by atoms with Gasteiger partial charge >= 0.3 is 94.6 Å². The predicted octanol–water partition coefficient (Wildman–Crippen LogP) is 3.12. The molecule has 13 heavy (non-hydrogen) atoms. The Balaban J connectivity index is 2.77. The SMILES string of the molecule is C=C/C=C\[C](=[W])c1ccc(CC)s1. The van der Waals surface area contributed by atoms with Gasteiger partial charge in [-0.25, -0.2) is 0 Å². The second kappa shape index (κ2) is 5.46. The zero-order valence-electron chi connectivity index (χ0n) is 7.62. The van der Waals surface area contributed by atoms with E-state index in [9.17, 15) is 0 Å². The van der Waals surface area contributed by atoms with Gasteiger partial charge in [-0.1, -0.05) is 0 Å². The Morgan fingerprint density at radius 2 is 2.38 bits per heavy atom. The van der Waals surface area contributed by atoms with Gasteiger partial charge in [0.1, 0.15) is 0 Å². The predicted molar refractivity (Wildman–Crippen MR) is 57.1 cm³/mol. The summed E-state index contributed by atoms with van der Waals surface area (Å²) in [6.07, 6.45) is 7.08. The fourth-order valence-corrected chi connectivity index (χ4v) is 2.78. The number of thiophene rings is 1. The van der Waals surface area contributed by atoms with Gasteiger partial charge in [0, 0.05) is 0 Å². The Hall–Kier alpha value is -0.262. The van der Waals surface area contributed by atoms with Crippen molar-refractivity contribution in [1.29, 1.82) is 0 Å². The van der Waals surface area contributed by atoms with Crippen LogP contribution in [0.5, 0.6) is 0 Å². The number of rotatable bonds is 4. The van der Waals surface area contributed by atoms with Crippen molar-refractivity contribution in [1.82, 2.24) is 0 Å². The van der Waals surface area contributed by atoms with Crippen molar-refractivity contribution in [2.45, 2.75) is 13.3 Å². The maximum atomic E-state index is 3.66. The quantitative estimate of drug-likeness (QED) is 0.724. The standard InChI is InChI=1S/C11H12S.W/c1-3-5-6-7-11-9-8-10(4-2)12-11;/h3,5-6,8-9H,1,4H2,2H3;/b6-5-;. The number of aryl methyl sites for hydroxylation is 1. The Morgan fingerprint density at radius 3 is 2.92 bits per heavy atom. The van der Waals surface area contributed by atoms with Gasteiger partial charge in [0.2, 0.25) is 0 Å². The fraction of sp³-hybridized carbons (Fsp3) is 0.182. The summed E-state index contributed by atoms with van der Waals surface area (Å²) in [5.41, 5.74) is 0. The van der Waals surface area contributed by atoms with Crippen LogP contribution in [0.15, 0.2) is 36.9 Å². The first-order chi connectivity index (χ1) is 6.27. The number of allylic oxidation sites excluding steroid dienone is 3. The van der Waals surface area contributed by atoms with Crippen LogP contribution in [0.25, 0.3) is 0 Å². The van der Waals surface area contributed by atoms with Crippen LogP contribution in [0.3, 0.4) is 0 Å². The molecule has 1 rings (SSSR count). The molecular formula is C11H12SW. The average molecular weight is 360 g/mol. The molecule has 0 saturated carbocycles. The molecule has 2 heteroatoms. The first-order valence-electron chi connectivity index (χ1n) is 4.20. The van der Waals surface area contributed by atoms with Crippen molar-refractivity contribution in [3.63, 3.8) is 0 Å². The third-order valence-electron chi connectivity index (χ3n) is 1.64. The molecule has 68 valence electrons. The Kier molecular flexibility index (Phi) is 4.55. The van der Waals surface area contributed by atoms with Crippen molar-refractivity contribution in [3.8, 4) is 0 Å². The zero-order chi connectivity index (χ0) is 9.68. The van der Waals surface area contributed by atoms with Gasteiger partial charge in [0.05, 0.1) is 0 Å². The molecule has 1 heterocycles. The molecule has 0 nitrogen and oxygen atoms in total. The van der Waals surface area contributed by atoms with Gasteiger partial charge in [-0.05, 0) is 0 Å². The molecular weight excluding hydrogens is 348 g/mol. The van der Waals surface area contributed by atoms with Crippen LogP contribution < -0.4 is 0 Å². The molecule has 0 unspecified atom stereocenters. The van der Waals surface area contributed by atoms with Gasteiger partial charge in [0.25, 0.3) is 0 Å². The molecule has 0 amide bonds. The van der Waals surface area contributed by atoms with E-state index in [0.29, 0.717) is 0 Å². The first-order valence-corrected chi connectivity index (χ1v) is 6.48.